The van der Waals surface area contributed by atoms with Gasteiger partial charge in [-0.15, -0.1) is 0 Å². The zero-order chi connectivity index (χ0) is 19.3. The number of aromatic nitrogens is 2. The van der Waals surface area contributed by atoms with Crippen LogP contribution in [0.2, 0.25) is 0 Å². The van der Waals surface area contributed by atoms with Crippen molar-refractivity contribution in [3.8, 4) is 5.75 Å². The minimum absolute atomic E-state index is 0.243. The number of aromatic carboxylic acids is 1. The van der Waals surface area contributed by atoms with E-state index in [1.807, 2.05) is 45.0 Å². The van der Waals surface area contributed by atoms with E-state index in [0.29, 0.717) is 29.8 Å². The molecule has 0 spiro atoms. The molecule has 6 nitrogen and oxygen atoms in total. The van der Waals surface area contributed by atoms with Crippen molar-refractivity contribution < 1.29 is 19.4 Å². The van der Waals surface area contributed by atoms with Crippen molar-refractivity contribution in [1.82, 2.24) is 9.38 Å². The fourth-order valence-electron chi connectivity index (χ4n) is 3.90. The summed E-state index contributed by atoms with van der Waals surface area (Å²) < 4.78 is 14.1. The number of benzene rings is 1. The van der Waals surface area contributed by atoms with Gasteiger partial charge in [-0.25, -0.2) is 9.78 Å². The summed E-state index contributed by atoms with van der Waals surface area (Å²) in [5.74, 6) is -1.45. The van der Waals surface area contributed by atoms with Crippen LogP contribution in [0.15, 0.2) is 30.5 Å². The fraction of sp³-hybridized carbons (Fsp3) is 0.333. The van der Waals surface area contributed by atoms with Crippen molar-refractivity contribution in [2.45, 2.75) is 39.4 Å². The van der Waals surface area contributed by atoms with Crippen LogP contribution >= 0.6 is 0 Å². The molecule has 27 heavy (non-hydrogen) atoms. The SMILES string of the molecule is COC1(c2ccccc2C)CCc2c(C(=O)O)cn3c(C)c(C)nc3c2O1. The molecule has 0 bridgehead atoms. The van der Waals surface area contributed by atoms with Gasteiger partial charge in [-0.3, -0.25) is 0 Å². The minimum atomic E-state index is -0.969. The maximum atomic E-state index is 11.9. The van der Waals surface area contributed by atoms with Gasteiger partial charge in [0.2, 0.25) is 5.79 Å². The van der Waals surface area contributed by atoms with Crippen molar-refractivity contribution in [3.63, 3.8) is 0 Å². The molecule has 1 aliphatic heterocycles. The van der Waals surface area contributed by atoms with Crippen LogP contribution in [0.1, 0.15) is 44.9 Å². The Balaban J connectivity index is 1.98. The first kappa shape index (κ1) is 17.5. The van der Waals surface area contributed by atoms with E-state index in [-0.39, 0.29) is 5.56 Å². The van der Waals surface area contributed by atoms with Gasteiger partial charge in [0.15, 0.2) is 11.4 Å². The van der Waals surface area contributed by atoms with Gasteiger partial charge >= 0.3 is 5.97 Å². The number of methoxy groups -OCH3 is 1. The average molecular weight is 366 g/mol. The molecule has 140 valence electrons. The third-order valence-electron chi connectivity index (χ3n) is 5.53. The second kappa shape index (κ2) is 6.09. The normalized spacial score (nSPS) is 19.0. The lowest BCUT2D eigenvalue weighted by Crippen LogP contribution is -2.40. The molecule has 0 amide bonds. The molecule has 0 fully saturated rings. The van der Waals surface area contributed by atoms with E-state index in [1.165, 1.54) is 0 Å². The summed E-state index contributed by atoms with van der Waals surface area (Å²) in [5, 5.41) is 9.73. The molecular weight excluding hydrogens is 344 g/mol. The van der Waals surface area contributed by atoms with Crippen LogP contribution in [0.3, 0.4) is 0 Å². The Labute approximate surface area is 157 Å². The van der Waals surface area contributed by atoms with E-state index >= 15 is 0 Å². The molecule has 1 aliphatic rings. The first-order valence-corrected chi connectivity index (χ1v) is 8.92. The summed E-state index contributed by atoms with van der Waals surface area (Å²) in [5.41, 5.74) is 5.27. The van der Waals surface area contributed by atoms with Crippen molar-refractivity contribution in [2.75, 3.05) is 7.11 Å². The highest BCUT2D eigenvalue weighted by Gasteiger charge is 2.42. The Hall–Kier alpha value is -2.86. The molecule has 1 atom stereocenters. The Morgan fingerprint density at radius 1 is 1.30 bits per heavy atom. The Morgan fingerprint density at radius 2 is 2.04 bits per heavy atom. The molecule has 1 unspecified atom stereocenters. The highest BCUT2D eigenvalue weighted by Crippen LogP contribution is 2.44. The van der Waals surface area contributed by atoms with Crippen LogP contribution in [0.4, 0.5) is 0 Å². The molecule has 0 saturated heterocycles. The van der Waals surface area contributed by atoms with E-state index in [4.69, 9.17) is 9.47 Å². The average Bonchev–Trinajstić information content (AvgIpc) is 2.95. The molecular formula is C21H22N2O4. The number of carboxylic acids is 1. The number of carbonyl (C=O) groups is 1. The number of carboxylic acid groups (broad SMARTS) is 1. The quantitative estimate of drug-likeness (QED) is 0.764. The fourth-order valence-corrected chi connectivity index (χ4v) is 3.90. The smallest absolute Gasteiger partial charge is 0.337 e. The molecule has 1 aromatic carbocycles. The summed E-state index contributed by atoms with van der Waals surface area (Å²) in [6.07, 6.45) is 2.69. The zero-order valence-electron chi connectivity index (χ0n) is 15.9. The summed E-state index contributed by atoms with van der Waals surface area (Å²) in [6, 6.07) is 7.93. The number of ether oxygens (including phenoxy) is 2. The number of hydrogen-bond acceptors (Lipinski definition) is 4. The highest BCUT2D eigenvalue weighted by molar-refractivity contribution is 5.91. The van der Waals surface area contributed by atoms with Crippen molar-refractivity contribution in [3.05, 3.63) is 64.1 Å². The molecule has 2 aromatic heterocycles. The van der Waals surface area contributed by atoms with Gasteiger partial charge in [-0.2, -0.15) is 0 Å². The van der Waals surface area contributed by atoms with Crippen LogP contribution in [-0.4, -0.2) is 27.6 Å². The van der Waals surface area contributed by atoms with E-state index < -0.39 is 11.8 Å². The molecule has 0 saturated carbocycles. The summed E-state index contributed by atoms with van der Waals surface area (Å²) in [4.78, 5) is 16.5. The predicted molar refractivity (Wildman–Crippen MR) is 100 cm³/mol. The maximum Gasteiger partial charge on any atom is 0.337 e. The molecule has 6 heteroatoms. The summed E-state index contributed by atoms with van der Waals surface area (Å²) in [7, 11) is 1.62. The third-order valence-corrected chi connectivity index (χ3v) is 5.53. The lowest BCUT2D eigenvalue weighted by atomic mass is 9.90. The molecule has 0 aliphatic carbocycles. The van der Waals surface area contributed by atoms with Crippen LogP contribution in [0, 0.1) is 20.8 Å². The van der Waals surface area contributed by atoms with Crippen LogP contribution in [0.5, 0.6) is 5.75 Å². The number of hydrogen-bond donors (Lipinski definition) is 1. The van der Waals surface area contributed by atoms with E-state index in [9.17, 15) is 9.90 Å². The molecule has 0 radical (unpaired) electrons. The van der Waals surface area contributed by atoms with Gasteiger partial charge < -0.3 is 19.0 Å². The number of imidazole rings is 1. The van der Waals surface area contributed by atoms with Crippen LogP contribution in [0.25, 0.3) is 5.65 Å². The lowest BCUT2D eigenvalue weighted by Gasteiger charge is -2.38. The monoisotopic (exact) mass is 366 g/mol. The first-order valence-electron chi connectivity index (χ1n) is 8.92. The van der Waals surface area contributed by atoms with Crippen molar-refractivity contribution >= 4 is 11.6 Å². The van der Waals surface area contributed by atoms with E-state index in [1.54, 1.807) is 17.7 Å². The Morgan fingerprint density at radius 3 is 2.70 bits per heavy atom. The Kier molecular flexibility index (Phi) is 3.96. The van der Waals surface area contributed by atoms with Gasteiger partial charge in [0.1, 0.15) is 0 Å². The van der Waals surface area contributed by atoms with E-state index in [0.717, 1.165) is 22.5 Å². The number of nitrogens with zero attached hydrogens (tertiary/aromatic N) is 2. The maximum absolute atomic E-state index is 11.9. The van der Waals surface area contributed by atoms with Crippen LogP contribution < -0.4 is 4.74 Å². The first-order chi connectivity index (χ1) is 12.9. The second-order valence-corrected chi connectivity index (χ2v) is 7.01. The standard InChI is InChI=1S/C21H22N2O4/c1-12-7-5-6-8-17(12)21(26-4)10-9-15-16(20(24)25)11-23-14(3)13(2)22-19(23)18(15)27-21/h5-8,11H,9-10H2,1-4H3,(H,24,25). The third kappa shape index (κ3) is 2.51. The molecule has 1 N–H and O–H groups in total. The predicted octanol–water partition coefficient (Wildman–Crippen LogP) is 3.78. The largest absolute Gasteiger partial charge is 0.478 e. The molecule has 4 rings (SSSR count). The van der Waals surface area contributed by atoms with Crippen LogP contribution in [-0.2, 0) is 16.9 Å². The van der Waals surface area contributed by atoms with Crippen molar-refractivity contribution in [1.29, 1.82) is 0 Å². The van der Waals surface area contributed by atoms with Gasteiger partial charge in [0.05, 0.1) is 11.3 Å². The number of pyridine rings is 1. The second-order valence-electron chi connectivity index (χ2n) is 7.01. The van der Waals surface area contributed by atoms with Crippen molar-refractivity contribution in [2.24, 2.45) is 0 Å². The van der Waals surface area contributed by atoms with Gasteiger partial charge in [0, 0.05) is 36.5 Å². The number of aryl methyl sites for hydroxylation is 3. The van der Waals surface area contributed by atoms with Gasteiger partial charge in [-0.05, 0) is 32.8 Å². The topological polar surface area (TPSA) is 73.1 Å². The zero-order valence-corrected chi connectivity index (χ0v) is 15.9. The lowest BCUT2D eigenvalue weighted by molar-refractivity contribution is -0.183. The van der Waals surface area contributed by atoms with Gasteiger partial charge in [0.25, 0.3) is 0 Å². The number of fused-ring (bicyclic) bond motifs is 3. The minimum Gasteiger partial charge on any atom is -0.478 e. The van der Waals surface area contributed by atoms with Gasteiger partial charge in [-0.1, -0.05) is 24.3 Å². The summed E-state index contributed by atoms with van der Waals surface area (Å²) in [6.45, 7) is 5.84. The highest BCUT2D eigenvalue weighted by atomic mass is 16.7. The Bertz CT molecular complexity index is 1070. The van der Waals surface area contributed by atoms with E-state index in [2.05, 4.69) is 4.98 Å². The molecule has 3 heterocycles. The number of rotatable bonds is 3. The molecule has 3 aromatic rings. The summed E-state index contributed by atoms with van der Waals surface area (Å²) >= 11 is 0.